The SMILES string of the molecule is O=C(C[C@H]1CC[C@@H](NC(=O)C2CCOCC2)[C@H](CO)O1)NCc1ccccc1Cl. The van der Waals surface area contributed by atoms with Crippen molar-refractivity contribution in [2.75, 3.05) is 19.8 Å². The highest BCUT2D eigenvalue weighted by molar-refractivity contribution is 6.31. The molecule has 0 aliphatic carbocycles. The van der Waals surface area contributed by atoms with Crippen LogP contribution in [0.25, 0.3) is 0 Å². The van der Waals surface area contributed by atoms with Gasteiger partial charge in [0, 0.05) is 30.7 Å². The van der Waals surface area contributed by atoms with E-state index >= 15 is 0 Å². The van der Waals surface area contributed by atoms with Crippen LogP contribution in [0.3, 0.4) is 0 Å². The third-order valence-electron chi connectivity index (χ3n) is 5.56. The van der Waals surface area contributed by atoms with E-state index in [-0.39, 0.29) is 42.9 Å². The highest BCUT2D eigenvalue weighted by Crippen LogP contribution is 2.23. The van der Waals surface area contributed by atoms with Gasteiger partial charge in [-0.1, -0.05) is 29.8 Å². The molecule has 3 rings (SSSR count). The van der Waals surface area contributed by atoms with Crippen LogP contribution in [0, 0.1) is 5.92 Å². The zero-order valence-corrected chi connectivity index (χ0v) is 17.2. The van der Waals surface area contributed by atoms with Crippen LogP contribution in [-0.4, -0.2) is 55.0 Å². The van der Waals surface area contributed by atoms with Crippen LogP contribution in [0.15, 0.2) is 24.3 Å². The number of amides is 2. The number of rotatable bonds is 7. The number of carbonyl (C=O) groups excluding carboxylic acids is 2. The molecule has 0 radical (unpaired) electrons. The predicted octanol–water partition coefficient (Wildman–Crippen LogP) is 1.80. The standard InChI is InChI=1S/C21H29ClN2O5/c22-17-4-2-1-3-15(17)12-23-20(26)11-16-5-6-18(19(13-25)29-16)24-21(27)14-7-9-28-10-8-14/h1-4,14,16,18-19,25H,5-13H2,(H,23,26)(H,24,27)/t16-,18-,19+/m1/s1. The molecule has 160 valence electrons. The second-order valence-corrected chi connectivity index (χ2v) is 8.04. The molecule has 2 fully saturated rings. The van der Waals surface area contributed by atoms with Crippen molar-refractivity contribution in [1.82, 2.24) is 10.6 Å². The van der Waals surface area contributed by atoms with Gasteiger partial charge in [0.25, 0.3) is 0 Å². The summed E-state index contributed by atoms with van der Waals surface area (Å²) in [6.45, 7) is 1.37. The van der Waals surface area contributed by atoms with Gasteiger partial charge in [0.05, 0.1) is 25.2 Å². The lowest BCUT2D eigenvalue weighted by Gasteiger charge is -2.37. The van der Waals surface area contributed by atoms with Gasteiger partial charge in [0.2, 0.25) is 11.8 Å². The van der Waals surface area contributed by atoms with Crippen LogP contribution in [0.5, 0.6) is 0 Å². The second kappa shape index (κ2) is 10.9. The van der Waals surface area contributed by atoms with Gasteiger partial charge in [0.15, 0.2) is 0 Å². The number of carbonyl (C=O) groups is 2. The summed E-state index contributed by atoms with van der Waals surface area (Å²) in [7, 11) is 0. The van der Waals surface area contributed by atoms with Gasteiger partial charge in [-0.15, -0.1) is 0 Å². The molecule has 1 aromatic rings. The molecular weight excluding hydrogens is 396 g/mol. The summed E-state index contributed by atoms with van der Waals surface area (Å²) in [5, 5.41) is 16.2. The van der Waals surface area contributed by atoms with E-state index in [9.17, 15) is 14.7 Å². The Labute approximate surface area is 176 Å². The summed E-state index contributed by atoms with van der Waals surface area (Å²) in [6, 6.07) is 7.13. The van der Waals surface area contributed by atoms with E-state index in [0.717, 1.165) is 18.4 Å². The van der Waals surface area contributed by atoms with E-state index in [1.54, 1.807) is 6.07 Å². The van der Waals surface area contributed by atoms with Crippen molar-refractivity contribution in [2.24, 2.45) is 5.92 Å². The molecule has 2 heterocycles. The van der Waals surface area contributed by atoms with Crippen molar-refractivity contribution in [1.29, 1.82) is 0 Å². The minimum absolute atomic E-state index is 0.00344. The number of benzene rings is 1. The van der Waals surface area contributed by atoms with Crippen molar-refractivity contribution in [3.05, 3.63) is 34.9 Å². The molecule has 0 bridgehead atoms. The van der Waals surface area contributed by atoms with Crippen LogP contribution < -0.4 is 10.6 Å². The number of nitrogens with one attached hydrogen (secondary N) is 2. The van der Waals surface area contributed by atoms with E-state index in [2.05, 4.69) is 10.6 Å². The lowest BCUT2D eigenvalue weighted by Crippen LogP contribution is -2.53. The molecule has 2 amide bonds. The minimum atomic E-state index is -0.506. The smallest absolute Gasteiger partial charge is 0.223 e. The minimum Gasteiger partial charge on any atom is -0.394 e. The Morgan fingerprint density at radius 2 is 1.90 bits per heavy atom. The molecule has 3 N–H and O–H groups in total. The normalized spacial score (nSPS) is 25.4. The number of ether oxygens (including phenoxy) is 2. The molecule has 2 aliphatic heterocycles. The average molecular weight is 425 g/mol. The van der Waals surface area contributed by atoms with Gasteiger partial charge in [-0.2, -0.15) is 0 Å². The van der Waals surface area contributed by atoms with Gasteiger partial charge in [-0.3, -0.25) is 9.59 Å². The third-order valence-corrected chi connectivity index (χ3v) is 5.93. The highest BCUT2D eigenvalue weighted by Gasteiger charge is 2.34. The van der Waals surface area contributed by atoms with Gasteiger partial charge in [-0.25, -0.2) is 0 Å². The Morgan fingerprint density at radius 1 is 1.14 bits per heavy atom. The summed E-state index contributed by atoms with van der Waals surface area (Å²) in [5.74, 6) is -0.177. The van der Waals surface area contributed by atoms with Crippen LogP contribution in [-0.2, 0) is 25.6 Å². The van der Waals surface area contributed by atoms with Crippen LogP contribution >= 0.6 is 11.6 Å². The number of halogens is 1. The van der Waals surface area contributed by atoms with Gasteiger partial charge >= 0.3 is 0 Å². The van der Waals surface area contributed by atoms with Gasteiger partial charge in [-0.05, 0) is 37.3 Å². The number of aliphatic hydroxyl groups excluding tert-OH is 1. The maximum Gasteiger partial charge on any atom is 0.223 e. The van der Waals surface area contributed by atoms with E-state index in [1.807, 2.05) is 18.2 Å². The fourth-order valence-corrected chi connectivity index (χ4v) is 4.02. The van der Waals surface area contributed by atoms with E-state index in [4.69, 9.17) is 21.1 Å². The van der Waals surface area contributed by atoms with Crippen molar-refractivity contribution >= 4 is 23.4 Å². The van der Waals surface area contributed by atoms with Crippen LogP contribution in [0.1, 0.15) is 37.7 Å². The maximum atomic E-state index is 12.5. The Balaban J connectivity index is 1.44. The van der Waals surface area contributed by atoms with Crippen LogP contribution in [0.4, 0.5) is 0 Å². The molecule has 7 nitrogen and oxygen atoms in total. The van der Waals surface area contributed by atoms with Crippen LogP contribution in [0.2, 0.25) is 5.02 Å². The maximum absolute atomic E-state index is 12.5. The summed E-state index contributed by atoms with van der Waals surface area (Å²) in [4.78, 5) is 24.7. The monoisotopic (exact) mass is 424 g/mol. The Morgan fingerprint density at radius 3 is 2.62 bits per heavy atom. The van der Waals surface area contributed by atoms with Crippen molar-refractivity contribution in [3.63, 3.8) is 0 Å². The van der Waals surface area contributed by atoms with Crippen molar-refractivity contribution < 1.29 is 24.2 Å². The number of hydrogen-bond acceptors (Lipinski definition) is 5. The van der Waals surface area contributed by atoms with Gasteiger partial charge < -0.3 is 25.2 Å². The molecule has 0 saturated carbocycles. The molecule has 0 spiro atoms. The predicted molar refractivity (Wildman–Crippen MR) is 108 cm³/mol. The lowest BCUT2D eigenvalue weighted by molar-refractivity contribution is -0.139. The first kappa shape index (κ1) is 22.0. The van der Waals surface area contributed by atoms with Crippen molar-refractivity contribution in [3.8, 4) is 0 Å². The fourth-order valence-electron chi connectivity index (χ4n) is 3.82. The second-order valence-electron chi connectivity index (χ2n) is 7.63. The third kappa shape index (κ3) is 6.40. The first-order valence-electron chi connectivity index (χ1n) is 10.2. The molecule has 1 aromatic carbocycles. The first-order valence-corrected chi connectivity index (χ1v) is 10.6. The molecule has 3 atom stereocenters. The highest BCUT2D eigenvalue weighted by atomic mass is 35.5. The zero-order chi connectivity index (χ0) is 20.6. The van der Waals surface area contributed by atoms with E-state index < -0.39 is 6.10 Å². The van der Waals surface area contributed by atoms with Crippen molar-refractivity contribution in [2.45, 2.75) is 56.9 Å². The molecule has 0 unspecified atom stereocenters. The topological polar surface area (TPSA) is 96.9 Å². The molecule has 0 aromatic heterocycles. The number of hydrogen-bond donors (Lipinski definition) is 3. The first-order chi connectivity index (χ1) is 14.1. The lowest BCUT2D eigenvalue weighted by atomic mass is 9.94. The summed E-state index contributed by atoms with van der Waals surface area (Å²) in [5.41, 5.74) is 0.858. The summed E-state index contributed by atoms with van der Waals surface area (Å²) in [6.07, 6.45) is 2.18. The molecular formula is C21H29ClN2O5. The van der Waals surface area contributed by atoms with E-state index in [0.29, 0.717) is 37.6 Å². The molecule has 8 heteroatoms. The zero-order valence-electron chi connectivity index (χ0n) is 16.4. The largest absolute Gasteiger partial charge is 0.394 e. The summed E-state index contributed by atoms with van der Waals surface area (Å²) < 4.78 is 11.2. The number of aliphatic hydroxyl groups is 1. The van der Waals surface area contributed by atoms with Gasteiger partial charge in [0.1, 0.15) is 6.10 Å². The average Bonchev–Trinajstić information content (AvgIpc) is 2.74. The molecule has 29 heavy (non-hydrogen) atoms. The molecule has 2 saturated heterocycles. The Hall–Kier alpha value is -1.67. The van der Waals surface area contributed by atoms with E-state index in [1.165, 1.54) is 0 Å². The fraction of sp³-hybridized carbons (Fsp3) is 0.619. The Kier molecular flexibility index (Phi) is 8.29. The quantitative estimate of drug-likeness (QED) is 0.620. The molecule has 2 aliphatic rings. The Bertz CT molecular complexity index is 695. The summed E-state index contributed by atoms with van der Waals surface area (Å²) >= 11 is 6.11.